The number of quaternary nitrogens is 1. The van der Waals surface area contributed by atoms with E-state index >= 15 is 0 Å². The Morgan fingerprint density at radius 1 is 1.29 bits per heavy atom. The molecule has 0 aromatic carbocycles. The molecule has 0 aliphatic rings. The largest absolute Gasteiger partial charge is 0.337 e. The lowest BCUT2D eigenvalue weighted by atomic mass is 10.4. The minimum Gasteiger partial charge on any atom is -0.337 e. The molecule has 2 aromatic rings. The number of rotatable bonds is 1. The molecule has 0 spiro atoms. The number of fused-ring (bicyclic) bond motifs is 1. The lowest BCUT2D eigenvalue weighted by Gasteiger charge is -2.21. The van der Waals surface area contributed by atoms with Crippen molar-refractivity contribution in [1.29, 1.82) is 0 Å². The van der Waals surface area contributed by atoms with Crippen molar-refractivity contribution < 1.29 is 0 Å². The molecule has 2 aromatic heterocycles. The highest BCUT2D eigenvalue weighted by atomic mass is 35.5. The minimum absolute atomic E-state index is 0.229. The fourth-order valence-electron chi connectivity index (χ4n) is 1.28. The van der Waals surface area contributed by atoms with Crippen molar-refractivity contribution in [3.8, 4) is 0 Å². The van der Waals surface area contributed by atoms with Gasteiger partial charge >= 0.3 is 0 Å². The van der Waals surface area contributed by atoms with Gasteiger partial charge in [0.15, 0.2) is 11.2 Å². The van der Waals surface area contributed by atoms with E-state index in [1.807, 2.05) is 21.1 Å². The molecule has 0 aliphatic heterocycles. The number of nitrogens with one attached hydrogen (secondary N) is 1. The topological polar surface area (TPSA) is 54.5 Å². The highest BCUT2D eigenvalue weighted by Gasteiger charge is 2.21. The van der Waals surface area contributed by atoms with Gasteiger partial charge in [0.2, 0.25) is 5.28 Å². The van der Waals surface area contributed by atoms with E-state index in [9.17, 15) is 0 Å². The molecule has 2 heterocycles. The van der Waals surface area contributed by atoms with Crippen LogP contribution in [0, 0.1) is 0 Å². The van der Waals surface area contributed by atoms with Gasteiger partial charge in [-0.15, -0.1) is 0 Å². The van der Waals surface area contributed by atoms with Gasteiger partial charge in [-0.1, -0.05) is 0 Å². The quantitative estimate of drug-likeness (QED) is 0.571. The first-order chi connectivity index (χ1) is 6.48. The normalized spacial score (nSPS) is 12.3. The van der Waals surface area contributed by atoms with Crippen molar-refractivity contribution in [2.45, 2.75) is 0 Å². The summed E-state index contributed by atoms with van der Waals surface area (Å²) >= 11 is 5.80. The molecular formula is C8H11ClN5+. The van der Waals surface area contributed by atoms with E-state index in [0.717, 1.165) is 11.3 Å². The fourth-order valence-corrected chi connectivity index (χ4v) is 1.44. The average Bonchev–Trinajstić information content (AvgIpc) is 2.47. The number of aromatic nitrogens is 4. The maximum Gasteiger partial charge on any atom is 0.257 e. The van der Waals surface area contributed by atoms with Crippen LogP contribution in [-0.4, -0.2) is 41.1 Å². The van der Waals surface area contributed by atoms with Crippen LogP contribution in [0.5, 0.6) is 0 Å². The molecule has 14 heavy (non-hydrogen) atoms. The number of nitrogens with zero attached hydrogens (tertiary/aromatic N) is 4. The van der Waals surface area contributed by atoms with Crippen LogP contribution in [0.3, 0.4) is 0 Å². The molecule has 2 rings (SSSR count). The first kappa shape index (κ1) is 9.36. The Balaban J connectivity index is 2.80. The van der Waals surface area contributed by atoms with Gasteiger partial charge in [-0.3, -0.25) is 4.48 Å². The first-order valence-corrected chi connectivity index (χ1v) is 4.55. The van der Waals surface area contributed by atoms with E-state index in [0.29, 0.717) is 10.1 Å². The first-order valence-electron chi connectivity index (χ1n) is 4.17. The van der Waals surface area contributed by atoms with Gasteiger partial charge < -0.3 is 4.98 Å². The van der Waals surface area contributed by atoms with Crippen molar-refractivity contribution in [2.75, 3.05) is 21.1 Å². The van der Waals surface area contributed by atoms with Crippen molar-refractivity contribution in [3.05, 3.63) is 11.6 Å². The molecule has 74 valence electrons. The summed E-state index contributed by atoms with van der Waals surface area (Å²) in [5, 5.41) is 0.229. The van der Waals surface area contributed by atoms with Crippen molar-refractivity contribution in [2.24, 2.45) is 0 Å². The summed E-state index contributed by atoms with van der Waals surface area (Å²) in [5.74, 6) is 0.831. The van der Waals surface area contributed by atoms with Crippen LogP contribution in [-0.2, 0) is 0 Å². The molecule has 0 atom stereocenters. The highest BCUT2D eigenvalue weighted by molar-refractivity contribution is 6.28. The predicted octanol–water partition coefficient (Wildman–Crippen LogP) is 1.20. The summed E-state index contributed by atoms with van der Waals surface area (Å²) in [6, 6.07) is 0. The van der Waals surface area contributed by atoms with Crippen LogP contribution in [0.1, 0.15) is 0 Å². The zero-order chi connectivity index (χ0) is 10.3. The molecule has 0 unspecified atom stereocenters. The molecule has 0 amide bonds. The average molecular weight is 213 g/mol. The van der Waals surface area contributed by atoms with Crippen molar-refractivity contribution in [1.82, 2.24) is 24.4 Å². The lowest BCUT2D eigenvalue weighted by Crippen LogP contribution is -2.36. The van der Waals surface area contributed by atoms with E-state index in [1.165, 1.54) is 0 Å². The number of H-pyrrole nitrogens is 1. The van der Waals surface area contributed by atoms with Crippen LogP contribution >= 0.6 is 11.6 Å². The number of halogens is 1. The molecule has 0 radical (unpaired) electrons. The molecular weight excluding hydrogens is 202 g/mol. The van der Waals surface area contributed by atoms with Crippen LogP contribution in [0.25, 0.3) is 11.2 Å². The maximum absolute atomic E-state index is 5.80. The summed E-state index contributed by atoms with van der Waals surface area (Å²) in [6.45, 7) is 0. The monoisotopic (exact) mass is 212 g/mol. The van der Waals surface area contributed by atoms with Crippen LogP contribution < -0.4 is 4.48 Å². The third kappa shape index (κ3) is 1.44. The van der Waals surface area contributed by atoms with E-state index in [2.05, 4.69) is 19.9 Å². The standard InChI is InChI=1S/C8H11ClN5/c1-14(2,3)7-5-6(11-4-10-5)12-8(9)13-7/h4H,1-3H3,(H,10,11,12,13)/q+1. The fraction of sp³-hybridized carbons (Fsp3) is 0.375. The van der Waals surface area contributed by atoms with Gasteiger partial charge in [-0.2, -0.15) is 9.97 Å². The molecule has 0 aliphatic carbocycles. The van der Waals surface area contributed by atoms with Crippen molar-refractivity contribution in [3.63, 3.8) is 0 Å². The van der Waals surface area contributed by atoms with Gasteiger partial charge in [-0.25, -0.2) is 4.98 Å². The Morgan fingerprint density at radius 2 is 2.00 bits per heavy atom. The molecule has 0 saturated carbocycles. The van der Waals surface area contributed by atoms with Gasteiger partial charge in [0.05, 0.1) is 27.5 Å². The van der Waals surface area contributed by atoms with Crippen LogP contribution in [0.15, 0.2) is 6.33 Å². The number of hydrogen-bond acceptors (Lipinski definition) is 3. The van der Waals surface area contributed by atoms with E-state index in [1.54, 1.807) is 6.33 Å². The SMILES string of the molecule is C[N+](C)(C)c1nc(Cl)nc2nc[nH]c12. The zero-order valence-electron chi connectivity index (χ0n) is 8.24. The third-order valence-corrected chi connectivity index (χ3v) is 2.04. The van der Waals surface area contributed by atoms with Gasteiger partial charge in [-0.05, 0) is 11.6 Å². The Morgan fingerprint density at radius 3 is 2.64 bits per heavy atom. The van der Waals surface area contributed by atoms with Gasteiger partial charge in [0.25, 0.3) is 5.82 Å². The Kier molecular flexibility index (Phi) is 1.94. The second-order valence-electron chi connectivity index (χ2n) is 3.93. The van der Waals surface area contributed by atoms with Gasteiger partial charge in [0.1, 0.15) is 0 Å². The molecule has 6 heteroatoms. The summed E-state index contributed by atoms with van der Waals surface area (Å²) in [6.07, 6.45) is 1.59. The second-order valence-corrected chi connectivity index (χ2v) is 4.27. The van der Waals surface area contributed by atoms with Crippen molar-refractivity contribution >= 4 is 28.6 Å². The van der Waals surface area contributed by atoms with E-state index < -0.39 is 0 Å². The smallest absolute Gasteiger partial charge is 0.257 e. The summed E-state index contributed by atoms with van der Waals surface area (Å²) < 4.78 is 0.570. The Hall–Kier alpha value is -1.20. The lowest BCUT2D eigenvalue weighted by molar-refractivity contribution is 0.476. The van der Waals surface area contributed by atoms with E-state index in [4.69, 9.17) is 11.6 Å². The number of aromatic amines is 1. The summed E-state index contributed by atoms with van der Waals surface area (Å²) in [4.78, 5) is 15.3. The zero-order valence-corrected chi connectivity index (χ0v) is 9.00. The Bertz CT molecular complexity index is 470. The van der Waals surface area contributed by atoms with Gasteiger partial charge in [0, 0.05) is 0 Å². The number of hydrogen-bond donors (Lipinski definition) is 1. The minimum atomic E-state index is 0.229. The molecule has 1 N–H and O–H groups in total. The molecule has 0 saturated heterocycles. The Labute approximate surface area is 86.3 Å². The summed E-state index contributed by atoms with van der Waals surface area (Å²) in [5.41, 5.74) is 1.44. The maximum atomic E-state index is 5.80. The van der Waals surface area contributed by atoms with Crippen LogP contribution in [0.2, 0.25) is 5.28 Å². The molecule has 5 nitrogen and oxygen atoms in total. The molecule has 0 bridgehead atoms. The number of imidazole rings is 1. The predicted molar refractivity (Wildman–Crippen MR) is 56.3 cm³/mol. The summed E-state index contributed by atoms with van der Waals surface area (Å²) in [7, 11) is 6.04. The molecule has 0 fully saturated rings. The third-order valence-electron chi connectivity index (χ3n) is 1.87. The van der Waals surface area contributed by atoms with Crippen LogP contribution in [0.4, 0.5) is 5.82 Å². The van der Waals surface area contributed by atoms with E-state index in [-0.39, 0.29) is 5.28 Å². The second kappa shape index (κ2) is 2.90. The highest BCUT2D eigenvalue weighted by Crippen LogP contribution is 2.23.